The molecule has 0 saturated heterocycles. The third-order valence-corrected chi connectivity index (χ3v) is 18.2. The Bertz CT molecular complexity index is 1690. The van der Waals surface area contributed by atoms with Gasteiger partial charge in [0, 0.05) is 12.8 Å². The van der Waals surface area contributed by atoms with Crippen LogP contribution < -0.4 is 5.32 Å². The third kappa shape index (κ3) is 68.1. The number of hydrogen-bond donors (Lipinski definition) is 2. The van der Waals surface area contributed by atoms with Crippen LogP contribution in [-0.4, -0.2) is 74.3 Å². The largest absolute Gasteiger partial charge is 0.472 e. The highest BCUT2D eigenvalue weighted by Crippen LogP contribution is 2.43. The molecular formula is C78H148N2O7P+. The van der Waals surface area contributed by atoms with Crippen molar-refractivity contribution in [2.45, 2.75) is 386 Å². The lowest BCUT2D eigenvalue weighted by Crippen LogP contribution is -2.47. The fraction of sp³-hybridized carbons (Fsp3) is 0.846. The van der Waals surface area contributed by atoms with Crippen LogP contribution in [0.3, 0.4) is 0 Å². The summed E-state index contributed by atoms with van der Waals surface area (Å²) in [5.74, 6) is -0.488. The van der Waals surface area contributed by atoms with E-state index in [4.69, 9.17) is 13.8 Å². The van der Waals surface area contributed by atoms with Crippen LogP contribution >= 0.6 is 7.82 Å². The van der Waals surface area contributed by atoms with E-state index in [1.807, 2.05) is 27.2 Å². The van der Waals surface area contributed by atoms with Crippen molar-refractivity contribution in [3.8, 4) is 0 Å². The van der Waals surface area contributed by atoms with Crippen molar-refractivity contribution >= 4 is 19.7 Å². The summed E-state index contributed by atoms with van der Waals surface area (Å²) in [5.41, 5.74) is 0. The van der Waals surface area contributed by atoms with Crippen molar-refractivity contribution in [3.05, 3.63) is 60.8 Å². The first-order valence-corrected chi connectivity index (χ1v) is 39.6. The van der Waals surface area contributed by atoms with Gasteiger partial charge in [0.1, 0.15) is 19.3 Å². The molecule has 0 saturated carbocycles. The van der Waals surface area contributed by atoms with Crippen LogP contribution in [-0.2, 0) is 27.9 Å². The Morgan fingerprint density at radius 3 is 1.05 bits per heavy atom. The number of rotatable bonds is 70. The molecular weight excluding hydrogens is 1110 g/mol. The minimum Gasteiger partial charge on any atom is -0.456 e. The molecule has 0 heterocycles. The summed E-state index contributed by atoms with van der Waals surface area (Å²) >= 11 is 0. The van der Waals surface area contributed by atoms with Crippen LogP contribution in [0.15, 0.2) is 60.8 Å². The quantitative estimate of drug-likeness (QED) is 0.0205. The van der Waals surface area contributed by atoms with E-state index in [1.165, 1.54) is 270 Å². The Morgan fingerprint density at radius 2 is 0.693 bits per heavy atom. The predicted octanol–water partition coefficient (Wildman–Crippen LogP) is 24.5. The Morgan fingerprint density at radius 1 is 0.398 bits per heavy atom. The zero-order valence-electron chi connectivity index (χ0n) is 59.2. The first-order chi connectivity index (χ1) is 42.9. The molecule has 1 amide bonds. The summed E-state index contributed by atoms with van der Waals surface area (Å²) in [6, 6.07) is -0.849. The summed E-state index contributed by atoms with van der Waals surface area (Å²) in [4.78, 5) is 38.0. The fourth-order valence-electron chi connectivity index (χ4n) is 11.3. The average molecular weight is 1260 g/mol. The van der Waals surface area contributed by atoms with Crippen LogP contribution in [0.2, 0.25) is 0 Å². The first-order valence-electron chi connectivity index (χ1n) is 38.1. The van der Waals surface area contributed by atoms with E-state index in [9.17, 15) is 19.0 Å². The van der Waals surface area contributed by atoms with Gasteiger partial charge >= 0.3 is 13.8 Å². The van der Waals surface area contributed by atoms with E-state index in [0.717, 1.165) is 70.6 Å². The lowest BCUT2D eigenvalue weighted by Gasteiger charge is -2.27. The van der Waals surface area contributed by atoms with Crippen LogP contribution in [0.1, 0.15) is 374 Å². The molecule has 9 nitrogen and oxygen atoms in total. The predicted molar refractivity (Wildman–Crippen MR) is 383 cm³/mol. The summed E-state index contributed by atoms with van der Waals surface area (Å²) in [6.45, 7) is 7.02. The number of amides is 1. The number of ether oxygens (including phenoxy) is 1. The number of nitrogens with zero attached hydrogens (tertiary/aromatic N) is 1. The summed E-state index contributed by atoms with van der Waals surface area (Å²) < 4.78 is 30.9. The maximum absolute atomic E-state index is 13.6. The maximum atomic E-state index is 13.6. The normalized spacial score (nSPS) is 13.8. The highest BCUT2D eigenvalue weighted by Gasteiger charge is 2.30. The molecule has 10 heteroatoms. The second-order valence-electron chi connectivity index (χ2n) is 27.2. The minimum atomic E-state index is -4.46. The molecule has 0 aliphatic heterocycles. The molecule has 0 fully saturated rings. The summed E-state index contributed by atoms with van der Waals surface area (Å²) in [7, 11) is 1.51. The molecule has 0 rings (SSSR count). The zero-order valence-corrected chi connectivity index (χ0v) is 60.1. The van der Waals surface area contributed by atoms with Crippen LogP contribution in [0.5, 0.6) is 0 Å². The molecule has 516 valence electrons. The molecule has 88 heavy (non-hydrogen) atoms. The van der Waals surface area contributed by atoms with Gasteiger partial charge < -0.3 is 19.4 Å². The van der Waals surface area contributed by atoms with Gasteiger partial charge in [-0.05, 0) is 96.0 Å². The summed E-state index contributed by atoms with van der Waals surface area (Å²) in [6.07, 6.45) is 88.1. The highest BCUT2D eigenvalue weighted by atomic mass is 31.2. The number of unbranched alkanes of at least 4 members (excludes halogenated alkanes) is 46. The van der Waals surface area contributed by atoms with E-state index in [1.54, 1.807) is 0 Å². The van der Waals surface area contributed by atoms with Crippen molar-refractivity contribution in [2.75, 3.05) is 40.9 Å². The van der Waals surface area contributed by atoms with Crippen LogP contribution in [0.25, 0.3) is 0 Å². The standard InChI is InChI=1S/C78H147N2O7P/c1-7-10-13-16-19-22-25-28-30-32-34-36-38-40-42-44-46-48-50-52-55-58-61-64-67-70-77(81)79-75(74-86-88(83,84)85-73-72-80(4,5)6)76(69-66-63-60-57-54-27-24-21-18-15-12-9-3)87-78(82)71-68-65-62-59-56-53-51-49-47-45-43-41-39-37-35-33-31-29-26-23-20-17-14-11-8-2/h19-20,22-23,28-31,66,69,75-76H,7-18,21,24-27,32-65,67-68,70-74H2,1-6H3,(H-,79,81,83,84)/p+1/b22-19-,23-20-,30-28-,31-29-,69-66+. The highest BCUT2D eigenvalue weighted by molar-refractivity contribution is 7.47. The Labute approximate surface area is 547 Å². The van der Waals surface area contributed by atoms with Gasteiger partial charge in [0.25, 0.3) is 0 Å². The number of quaternary nitrogens is 1. The zero-order chi connectivity index (χ0) is 64.2. The fourth-order valence-corrected chi connectivity index (χ4v) is 12.0. The smallest absolute Gasteiger partial charge is 0.456 e. The number of phosphoric ester groups is 1. The van der Waals surface area contributed by atoms with E-state index in [0.29, 0.717) is 23.9 Å². The van der Waals surface area contributed by atoms with Gasteiger partial charge in [0.15, 0.2) is 0 Å². The van der Waals surface area contributed by atoms with Gasteiger partial charge in [-0.15, -0.1) is 0 Å². The van der Waals surface area contributed by atoms with E-state index < -0.39 is 20.0 Å². The Hall–Kier alpha value is -2.29. The lowest BCUT2D eigenvalue weighted by molar-refractivity contribution is -0.870. The van der Waals surface area contributed by atoms with E-state index in [2.05, 4.69) is 80.8 Å². The molecule has 0 aliphatic rings. The molecule has 3 atom stereocenters. The van der Waals surface area contributed by atoms with Crippen LogP contribution in [0.4, 0.5) is 0 Å². The molecule has 0 spiro atoms. The van der Waals surface area contributed by atoms with Gasteiger partial charge in [-0.2, -0.15) is 0 Å². The van der Waals surface area contributed by atoms with Gasteiger partial charge in [-0.3, -0.25) is 18.6 Å². The van der Waals surface area contributed by atoms with Gasteiger partial charge in [0.2, 0.25) is 5.91 Å². The third-order valence-electron chi connectivity index (χ3n) is 17.2. The number of likely N-dealkylation sites (N-methyl/N-ethyl adjacent to an activating group) is 1. The molecule has 0 aromatic rings. The van der Waals surface area contributed by atoms with Crippen LogP contribution in [0, 0.1) is 0 Å². The number of esters is 1. The van der Waals surface area contributed by atoms with Crippen molar-refractivity contribution in [1.29, 1.82) is 0 Å². The first kappa shape index (κ1) is 85.7. The lowest BCUT2D eigenvalue weighted by atomic mass is 10.0. The molecule has 0 radical (unpaired) electrons. The number of hydrogen-bond acceptors (Lipinski definition) is 6. The van der Waals surface area contributed by atoms with Crippen molar-refractivity contribution in [2.24, 2.45) is 0 Å². The molecule has 0 aromatic heterocycles. The Kier molecular flexibility index (Phi) is 65.8. The molecule has 0 aliphatic carbocycles. The van der Waals surface area contributed by atoms with Gasteiger partial charge in [-0.1, -0.05) is 326 Å². The number of carbonyl (C=O) groups is 2. The summed E-state index contributed by atoms with van der Waals surface area (Å²) in [5, 5.41) is 3.08. The van der Waals surface area contributed by atoms with Gasteiger partial charge in [0.05, 0.1) is 33.8 Å². The minimum absolute atomic E-state index is 0.0413. The number of allylic oxidation sites excluding steroid dienone is 9. The molecule has 0 aromatic carbocycles. The average Bonchev–Trinajstić information content (AvgIpc) is 3.71. The van der Waals surface area contributed by atoms with Gasteiger partial charge in [-0.25, -0.2) is 4.57 Å². The van der Waals surface area contributed by atoms with E-state index in [-0.39, 0.29) is 25.1 Å². The Balaban J connectivity index is 4.96. The second kappa shape index (κ2) is 67.6. The second-order valence-corrected chi connectivity index (χ2v) is 28.6. The maximum Gasteiger partial charge on any atom is 0.472 e. The van der Waals surface area contributed by atoms with Crippen molar-refractivity contribution < 1.29 is 37.3 Å². The number of nitrogens with one attached hydrogen (secondary N) is 1. The molecule has 0 bridgehead atoms. The van der Waals surface area contributed by atoms with Crippen molar-refractivity contribution in [3.63, 3.8) is 0 Å². The molecule has 3 unspecified atom stereocenters. The topological polar surface area (TPSA) is 111 Å². The monoisotopic (exact) mass is 1260 g/mol. The number of phosphoric acid groups is 1. The molecule has 2 N–H and O–H groups in total. The number of carbonyl (C=O) groups excluding carboxylic acids is 2. The van der Waals surface area contributed by atoms with Crippen molar-refractivity contribution in [1.82, 2.24) is 5.32 Å². The van der Waals surface area contributed by atoms with E-state index >= 15 is 0 Å². The SMILES string of the molecule is CCCCC/C=C\C/C=C\CCCCCCCCCCCCCCCCCC(=O)NC(COP(=O)(O)OCC[N+](C)(C)C)C(/C=C/CCCCCCCCCCCC)OC(=O)CCCCCCCCCCCCCCCCC/C=C\C/C=C\CCCCC.